The summed E-state index contributed by atoms with van der Waals surface area (Å²) < 4.78 is 0. The fourth-order valence-corrected chi connectivity index (χ4v) is 2.23. The van der Waals surface area contributed by atoms with Gasteiger partial charge < -0.3 is 0 Å². The van der Waals surface area contributed by atoms with Gasteiger partial charge in [0.2, 0.25) is 0 Å². The minimum atomic E-state index is 0.619. The molecular formula is C12H13Cl. The molecule has 0 saturated carbocycles. The second kappa shape index (κ2) is 3.55. The average Bonchev–Trinajstić information content (AvgIpc) is 2.53. The quantitative estimate of drug-likeness (QED) is 0.586. The minimum Gasteiger partial charge on any atom is -0.0850 e. The van der Waals surface area contributed by atoms with Crippen molar-refractivity contribution in [2.24, 2.45) is 0 Å². The number of rotatable bonds is 1. The van der Waals surface area contributed by atoms with Crippen molar-refractivity contribution in [3.8, 4) is 0 Å². The fraction of sp³-hybridized carbons (Fsp3) is 0.333. The summed E-state index contributed by atoms with van der Waals surface area (Å²) in [6.07, 6.45) is 4.63. The van der Waals surface area contributed by atoms with Crippen LogP contribution in [0.25, 0.3) is 0 Å². The molecule has 0 radical (unpaired) electrons. The molecule has 1 atom stereocenters. The van der Waals surface area contributed by atoms with Gasteiger partial charge in [-0.2, -0.15) is 0 Å². The maximum absolute atomic E-state index is 6.13. The highest BCUT2D eigenvalue weighted by Gasteiger charge is 2.17. The van der Waals surface area contributed by atoms with E-state index in [-0.39, 0.29) is 0 Å². The van der Waals surface area contributed by atoms with Gasteiger partial charge in [-0.1, -0.05) is 41.4 Å². The van der Waals surface area contributed by atoms with Crippen molar-refractivity contribution in [3.05, 3.63) is 46.5 Å². The summed E-state index contributed by atoms with van der Waals surface area (Å²) >= 11 is 6.13. The van der Waals surface area contributed by atoms with Gasteiger partial charge in [-0.25, -0.2) is 0 Å². The second-order valence-electron chi connectivity index (χ2n) is 3.71. The van der Waals surface area contributed by atoms with Gasteiger partial charge in [0.1, 0.15) is 0 Å². The molecule has 1 unspecified atom stereocenters. The maximum Gasteiger partial charge on any atom is 0.0441 e. The Hall–Kier alpha value is -0.750. The summed E-state index contributed by atoms with van der Waals surface area (Å²) in [4.78, 5) is 0. The zero-order chi connectivity index (χ0) is 9.26. The van der Waals surface area contributed by atoms with E-state index >= 15 is 0 Å². The molecule has 0 amide bonds. The Labute approximate surface area is 84.2 Å². The lowest BCUT2D eigenvalue weighted by Crippen LogP contribution is -1.93. The predicted octanol–water partition coefficient (Wildman–Crippen LogP) is 4.16. The lowest BCUT2D eigenvalue weighted by molar-refractivity contribution is 0.741. The molecule has 0 aliphatic heterocycles. The highest BCUT2D eigenvalue weighted by atomic mass is 35.5. The van der Waals surface area contributed by atoms with Crippen LogP contribution in [0, 0.1) is 0 Å². The Morgan fingerprint density at radius 2 is 2.08 bits per heavy atom. The van der Waals surface area contributed by atoms with Gasteiger partial charge in [-0.3, -0.25) is 0 Å². The first-order valence-electron chi connectivity index (χ1n) is 4.67. The normalized spacial score (nSPS) is 21.7. The van der Waals surface area contributed by atoms with Crippen LogP contribution in [0.15, 0.2) is 35.9 Å². The molecule has 1 aliphatic rings. The lowest BCUT2D eigenvalue weighted by atomic mass is 9.96. The van der Waals surface area contributed by atoms with Crippen LogP contribution in [-0.4, -0.2) is 0 Å². The third-order valence-electron chi connectivity index (χ3n) is 2.66. The van der Waals surface area contributed by atoms with E-state index in [1.807, 2.05) is 12.1 Å². The summed E-state index contributed by atoms with van der Waals surface area (Å²) in [5.41, 5.74) is 2.79. The predicted molar refractivity (Wildman–Crippen MR) is 57.2 cm³/mol. The summed E-state index contributed by atoms with van der Waals surface area (Å²) in [6, 6.07) is 8.17. The van der Waals surface area contributed by atoms with Crippen LogP contribution in [0.5, 0.6) is 0 Å². The van der Waals surface area contributed by atoms with E-state index in [9.17, 15) is 0 Å². The Morgan fingerprint density at radius 3 is 2.69 bits per heavy atom. The third-order valence-corrected chi connectivity index (χ3v) is 3.01. The summed E-state index contributed by atoms with van der Waals surface area (Å²) in [5, 5.41) is 0.913. The Balaban J connectivity index is 2.23. The Morgan fingerprint density at radius 1 is 1.31 bits per heavy atom. The second-order valence-corrected chi connectivity index (χ2v) is 4.12. The van der Waals surface area contributed by atoms with Crippen molar-refractivity contribution < 1.29 is 0 Å². The maximum atomic E-state index is 6.13. The molecule has 13 heavy (non-hydrogen) atoms. The van der Waals surface area contributed by atoms with Gasteiger partial charge in [0, 0.05) is 5.02 Å². The molecule has 1 heteroatoms. The van der Waals surface area contributed by atoms with Gasteiger partial charge in [-0.15, -0.1) is 0 Å². The van der Waals surface area contributed by atoms with Gasteiger partial charge in [-0.05, 0) is 37.3 Å². The first-order chi connectivity index (χ1) is 6.27. The highest BCUT2D eigenvalue weighted by Crippen LogP contribution is 2.36. The smallest absolute Gasteiger partial charge is 0.0441 e. The van der Waals surface area contributed by atoms with Crippen LogP contribution in [0.4, 0.5) is 0 Å². The molecule has 0 heterocycles. The van der Waals surface area contributed by atoms with Gasteiger partial charge >= 0.3 is 0 Å². The largest absolute Gasteiger partial charge is 0.0850 e. The zero-order valence-electron chi connectivity index (χ0n) is 7.76. The lowest BCUT2D eigenvalue weighted by Gasteiger charge is -2.11. The number of allylic oxidation sites excluding steroid dienone is 2. The number of benzene rings is 1. The first-order valence-corrected chi connectivity index (χ1v) is 5.05. The van der Waals surface area contributed by atoms with Crippen LogP contribution < -0.4 is 0 Å². The van der Waals surface area contributed by atoms with E-state index in [0.29, 0.717) is 5.92 Å². The van der Waals surface area contributed by atoms with E-state index in [4.69, 9.17) is 11.6 Å². The molecular weight excluding hydrogens is 180 g/mol. The van der Waals surface area contributed by atoms with E-state index < -0.39 is 0 Å². The number of hydrogen-bond donors (Lipinski definition) is 0. The van der Waals surface area contributed by atoms with Crippen LogP contribution in [0.2, 0.25) is 5.02 Å². The molecule has 0 spiro atoms. The Bertz CT molecular complexity index is 339. The van der Waals surface area contributed by atoms with Crippen LogP contribution in [0.3, 0.4) is 0 Å². The molecule has 0 N–H and O–H groups in total. The van der Waals surface area contributed by atoms with E-state index in [1.165, 1.54) is 17.6 Å². The monoisotopic (exact) mass is 192 g/mol. The molecule has 0 nitrogen and oxygen atoms in total. The van der Waals surface area contributed by atoms with Gasteiger partial charge in [0.05, 0.1) is 0 Å². The number of halogens is 1. The standard InChI is InChI=1S/C12H13Cl/c1-9-6-7-10(8-9)11-4-2-3-5-12(11)13/h2-6,10H,7-8H2,1H3. The molecule has 0 bridgehead atoms. The van der Waals surface area contributed by atoms with Crippen molar-refractivity contribution in [2.45, 2.75) is 25.7 Å². The van der Waals surface area contributed by atoms with Crippen molar-refractivity contribution in [1.82, 2.24) is 0 Å². The van der Waals surface area contributed by atoms with Crippen LogP contribution in [0.1, 0.15) is 31.2 Å². The summed E-state index contributed by atoms with van der Waals surface area (Å²) in [6.45, 7) is 2.19. The molecule has 0 fully saturated rings. The van der Waals surface area contributed by atoms with E-state index in [2.05, 4.69) is 25.1 Å². The van der Waals surface area contributed by atoms with Crippen molar-refractivity contribution in [3.63, 3.8) is 0 Å². The fourth-order valence-electron chi connectivity index (χ4n) is 1.94. The highest BCUT2D eigenvalue weighted by molar-refractivity contribution is 6.31. The van der Waals surface area contributed by atoms with Gasteiger partial charge in [0.15, 0.2) is 0 Å². The molecule has 1 aromatic carbocycles. The van der Waals surface area contributed by atoms with Crippen molar-refractivity contribution in [1.29, 1.82) is 0 Å². The van der Waals surface area contributed by atoms with Gasteiger partial charge in [0.25, 0.3) is 0 Å². The molecule has 1 aromatic rings. The van der Waals surface area contributed by atoms with E-state index in [0.717, 1.165) is 11.4 Å². The third kappa shape index (κ3) is 1.78. The number of hydrogen-bond acceptors (Lipinski definition) is 0. The van der Waals surface area contributed by atoms with Crippen LogP contribution in [-0.2, 0) is 0 Å². The summed E-state index contributed by atoms with van der Waals surface area (Å²) in [7, 11) is 0. The molecule has 2 rings (SSSR count). The van der Waals surface area contributed by atoms with Crippen LogP contribution >= 0.6 is 11.6 Å². The van der Waals surface area contributed by atoms with Crippen molar-refractivity contribution >= 4 is 11.6 Å². The summed E-state index contributed by atoms with van der Waals surface area (Å²) in [5.74, 6) is 0.619. The molecule has 0 saturated heterocycles. The topological polar surface area (TPSA) is 0 Å². The van der Waals surface area contributed by atoms with E-state index in [1.54, 1.807) is 0 Å². The molecule has 1 aliphatic carbocycles. The first kappa shape index (κ1) is 8.83. The SMILES string of the molecule is CC1=CCC(c2ccccc2Cl)C1. The molecule has 0 aromatic heterocycles. The average molecular weight is 193 g/mol. The minimum absolute atomic E-state index is 0.619. The van der Waals surface area contributed by atoms with Crippen molar-refractivity contribution in [2.75, 3.05) is 0 Å². The molecule has 68 valence electrons. The Kier molecular flexibility index (Phi) is 2.41. The zero-order valence-corrected chi connectivity index (χ0v) is 8.51.